The number of ether oxygens (including phenoxy) is 2. The van der Waals surface area contributed by atoms with E-state index in [-0.39, 0.29) is 12.1 Å². The molecule has 0 saturated heterocycles. The van der Waals surface area contributed by atoms with Gasteiger partial charge in [0.05, 0.1) is 14.2 Å². The zero-order chi connectivity index (χ0) is 12.8. The highest BCUT2D eigenvalue weighted by molar-refractivity contribution is 5.94. The second-order valence-corrected chi connectivity index (χ2v) is 4.35. The van der Waals surface area contributed by atoms with Gasteiger partial charge in [0.15, 0.2) is 0 Å². The first-order chi connectivity index (χ1) is 8.13. The average Bonchev–Trinajstić information content (AvgIpc) is 2.34. The maximum atomic E-state index is 5.33. The van der Waals surface area contributed by atoms with Crippen molar-refractivity contribution in [2.45, 2.75) is 39.3 Å². The van der Waals surface area contributed by atoms with E-state index in [0.717, 1.165) is 6.42 Å². The van der Waals surface area contributed by atoms with E-state index < -0.39 is 0 Å². The molecule has 0 unspecified atom stereocenters. The van der Waals surface area contributed by atoms with E-state index in [2.05, 4.69) is 29.9 Å². The lowest BCUT2D eigenvalue weighted by molar-refractivity contribution is 0.333. The Bertz CT molecular complexity index is 332. The molecule has 0 saturated carbocycles. The molecule has 96 valence electrons. The van der Waals surface area contributed by atoms with Gasteiger partial charge >= 0.3 is 0 Å². The van der Waals surface area contributed by atoms with Gasteiger partial charge in [-0.05, 0) is 19.3 Å². The van der Waals surface area contributed by atoms with Crippen LogP contribution in [0, 0.1) is 5.92 Å². The molecular weight excluding hydrogens is 216 g/mol. The van der Waals surface area contributed by atoms with Crippen LogP contribution in [0.1, 0.15) is 27.2 Å². The summed E-state index contributed by atoms with van der Waals surface area (Å²) in [7, 11) is 3.29. The SMILES string of the molecule is CC=CC[C@@H]1N=C(OC)[C@@H](C(C)C)N=C1OC. The van der Waals surface area contributed by atoms with Gasteiger partial charge in [-0.1, -0.05) is 26.0 Å². The summed E-state index contributed by atoms with van der Waals surface area (Å²) < 4.78 is 10.7. The maximum Gasteiger partial charge on any atom is 0.209 e. The fourth-order valence-corrected chi connectivity index (χ4v) is 1.78. The summed E-state index contributed by atoms with van der Waals surface area (Å²) in [5.41, 5.74) is 0. The molecule has 1 heterocycles. The van der Waals surface area contributed by atoms with Gasteiger partial charge in [-0.3, -0.25) is 0 Å². The highest BCUT2D eigenvalue weighted by Gasteiger charge is 2.29. The lowest BCUT2D eigenvalue weighted by Crippen LogP contribution is -2.37. The van der Waals surface area contributed by atoms with Crippen molar-refractivity contribution < 1.29 is 9.47 Å². The number of nitrogens with zero attached hydrogens (tertiary/aromatic N) is 2. The minimum absolute atomic E-state index is 0.0307. The highest BCUT2D eigenvalue weighted by Crippen LogP contribution is 2.19. The summed E-state index contributed by atoms with van der Waals surface area (Å²) in [6.45, 7) is 6.19. The van der Waals surface area contributed by atoms with Crippen molar-refractivity contribution in [2.24, 2.45) is 15.9 Å². The van der Waals surface area contributed by atoms with E-state index in [1.54, 1.807) is 14.2 Å². The van der Waals surface area contributed by atoms with E-state index in [1.807, 2.05) is 13.0 Å². The lowest BCUT2D eigenvalue weighted by atomic mass is 10.0. The molecule has 0 aromatic heterocycles. The third-order valence-electron chi connectivity index (χ3n) is 2.73. The van der Waals surface area contributed by atoms with Crippen LogP contribution < -0.4 is 0 Å². The van der Waals surface area contributed by atoms with Gasteiger partial charge < -0.3 is 9.47 Å². The van der Waals surface area contributed by atoms with E-state index in [9.17, 15) is 0 Å². The van der Waals surface area contributed by atoms with Crippen molar-refractivity contribution in [2.75, 3.05) is 14.2 Å². The normalized spacial score (nSPS) is 24.8. The third-order valence-corrected chi connectivity index (χ3v) is 2.73. The largest absolute Gasteiger partial charge is 0.483 e. The molecule has 0 radical (unpaired) electrons. The monoisotopic (exact) mass is 238 g/mol. The number of aliphatic imine (C=N–C) groups is 2. The van der Waals surface area contributed by atoms with Gasteiger partial charge in [-0.2, -0.15) is 0 Å². The molecule has 4 heteroatoms. The molecule has 0 bridgehead atoms. The summed E-state index contributed by atoms with van der Waals surface area (Å²) in [6, 6.07) is -0.0852. The summed E-state index contributed by atoms with van der Waals surface area (Å²) in [5.74, 6) is 1.75. The van der Waals surface area contributed by atoms with Crippen molar-refractivity contribution >= 4 is 11.8 Å². The Kier molecular flexibility index (Phi) is 5.19. The summed E-state index contributed by atoms with van der Waals surface area (Å²) in [5, 5.41) is 0. The molecule has 4 nitrogen and oxygen atoms in total. The van der Waals surface area contributed by atoms with Crippen LogP contribution >= 0.6 is 0 Å². The molecule has 17 heavy (non-hydrogen) atoms. The number of methoxy groups -OCH3 is 2. The van der Waals surface area contributed by atoms with Crippen LogP contribution in [0.2, 0.25) is 0 Å². The third kappa shape index (κ3) is 3.32. The molecule has 0 aromatic rings. The van der Waals surface area contributed by atoms with Crippen molar-refractivity contribution in [3.63, 3.8) is 0 Å². The second kappa shape index (κ2) is 6.42. The maximum absolute atomic E-state index is 5.33. The molecule has 1 aliphatic heterocycles. The van der Waals surface area contributed by atoms with Crippen LogP contribution in [0.4, 0.5) is 0 Å². The van der Waals surface area contributed by atoms with E-state index in [0.29, 0.717) is 17.7 Å². The smallest absolute Gasteiger partial charge is 0.209 e. The summed E-state index contributed by atoms with van der Waals surface area (Å²) in [4.78, 5) is 9.17. The van der Waals surface area contributed by atoms with Crippen LogP contribution in [0.15, 0.2) is 22.1 Å². The Hall–Kier alpha value is -1.32. The van der Waals surface area contributed by atoms with Crippen LogP contribution in [-0.4, -0.2) is 38.1 Å². The first-order valence-corrected chi connectivity index (χ1v) is 5.98. The molecule has 1 aliphatic rings. The van der Waals surface area contributed by atoms with Gasteiger partial charge in [0.2, 0.25) is 11.8 Å². The number of allylic oxidation sites excluding steroid dienone is 1. The van der Waals surface area contributed by atoms with Crippen LogP contribution in [0.3, 0.4) is 0 Å². The zero-order valence-electron chi connectivity index (χ0n) is 11.3. The molecule has 0 N–H and O–H groups in total. The minimum atomic E-state index is -0.0545. The van der Waals surface area contributed by atoms with Gasteiger partial charge in [0.1, 0.15) is 12.1 Å². The zero-order valence-corrected chi connectivity index (χ0v) is 11.3. The first-order valence-electron chi connectivity index (χ1n) is 5.98. The quantitative estimate of drug-likeness (QED) is 0.709. The first kappa shape index (κ1) is 13.7. The fourth-order valence-electron chi connectivity index (χ4n) is 1.78. The Morgan fingerprint density at radius 2 is 1.82 bits per heavy atom. The average molecular weight is 238 g/mol. The molecule has 0 aliphatic carbocycles. The highest BCUT2D eigenvalue weighted by atomic mass is 16.5. The fraction of sp³-hybridized carbons (Fsp3) is 0.692. The number of hydrogen-bond acceptors (Lipinski definition) is 4. The van der Waals surface area contributed by atoms with E-state index in [1.165, 1.54) is 0 Å². The molecule has 0 spiro atoms. The van der Waals surface area contributed by atoms with Crippen molar-refractivity contribution in [1.82, 2.24) is 0 Å². The van der Waals surface area contributed by atoms with Crippen LogP contribution in [0.25, 0.3) is 0 Å². The Morgan fingerprint density at radius 1 is 1.18 bits per heavy atom. The predicted molar refractivity (Wildman–Crippen MR) is 70.7 cm³/mol. The minimum Gasteiger partial charge on any atom is -0.483 e. The van der Waals surface area contributed by atoms with Gasteiger partial charge in [0, 0.05) is 0 Å². The molecule has 0 aromatic carbocycles. The van der Waals surface area contributed by atoms with Crippen molar-refractivity contribution in [3.05, 3.63) is 12.2 Å². The molecule has 0 amide bonds. The van der Waals surface area contributed by atoms with Crippen molar-refractivity contribution in [3.8, 4) is 0 Å². The Labute approximate surface area is 103 Å². The molecule has 1 rings (SSSR count). The topological polar surface area (TPSA) is 43.2 Å². The summed E-state index contributed by atoms with van der Waals surface area (Å²) >= 11 is 0. The summed E-state index contributed by atoms with van der Waals surface area (Å²) in [6.07, 6.45) is 4.86. The number of hydrogen-bond donors (Lipinski definition) is 0. The van der Waals surface area contributed by atoms with Gasteiger partial charge in [-0.25, -0.2) is 9.98 Å². The molecule has 2 atom stereocenters. The molecular formula is C13H22N2O2. The Morgan fingerprint density at radius 3 is 2.29 bits per heavy atom. The molecule has 0 fully saturated rings. The second-order valence-electron chi connectivity index (χ2n) is 4.35. The standard InChI is InChI=1S/C13H22N2O2/c1-6-7-8-10-12(16-4)15-11(9(2)3)13(14-10)17-5/h6-7,9-11H,8H2,1-5H3/t10-,11+/m0/s1. The van der Waals surface area contributed by atoms with Gasteiger partial charge in [-0.15, -0.1) is 0 Å². The van der Waals surface area contributed by atoms with Crippen LogP contribution in [0.5, 0.6) is 0 Å². The van der Waals surface area contributed by atoms with Crippen molar-refractivity contribution in [1.29, 1.82) is 0 Å². The number of rotatable bonds is 3. The van der Waals surface area contributed by atoms with Gasteiger partial charge in [0.25, 0.3) is 0 Å². The lowest BCUT2D eigenvalue weighted by Gasteiger charge is -2.26. The Balaban J connectivity index is 2.93. The van der Waals surface area contributed by atoms with E-state index >= 15 is 0 Å². The predicted octanol–water partition coefficient (Wildman–Crippen LogP) is 2.45. The van der Waals surface area contributed by atoms with Crippen LogP contribution in [-0.2, 0) is 9.47 Å². The van der Waals surface area contributed by atoms with E-state index in [4.69, 9.17) is 9.47 Å².